The van der Waals surface area contributed by atoms with E-state index in [0.717, 1.165) is 32.1 Å². The lowest BCUT2D eigenvalue weighted by molar-refractivity contribution is 0.0633. The van der Waals surface area contributed by atoms with Crippen molar-refractivity contribution in [2.24, 2.45) is 0 Å². The summed E-state index contributed by atoms with van der Waals surface area (Å²) in [5, 5.41) is 8.98. The van der Waals surface area contributed by atoms with Gasteiger partial charge in [-0.25, -0.2) is 9.78 Å². The van der Waals surface area contributed by atoms with Crippen LogP contribution in [-0.2, 0) is 6.42 Å². The standard InChI is InChI=1S/C20H20N2O3/c23-19(14-8-11-17(20(24)25)21-12-14)22(15-9-10-15)18-7-3-5-13-4-1-2-6-16(13)18/h1-2,4,6,8,11-12,15,18H,3,5,7,9-10H2,(H,24,25). The Hall–Kier alpha value is -2.69. The van der Waals surface area contributed by atoms with E-state index < -0.39 is 5.97 Å². The summed E-state index contributed by atoms with van der Waals surface area (Å²) in [5.41, 5.74) is 3.00. The first kappa shape index (κ1) is 15.8. The number of carbonyl (C=O) groups is 2. The van der Waals surface area contributed by atoms with Gasteiger partial charge in [0.15, 0.2) is 0 Å². The molecule has 1 amide bonds. The summed E-state index contributed by atoms with van der Waals surface area (Å²) in [6.45, 7) is 0. The SMILES string of the molecule is O=C(O)c1ccc(C(=O)N(C2CC2)C2CCCc3ccccc32)cn1. The second kappa shape index (κ2) is 6.31. The van der Waals surface area contributed by atoms with Gasteiger partial charge in [0.2, 0.25) is 0 Å². The molecule has 25 heavy (non-hydrogen) atoms. The van der Waals surface area contributed by atoms with Crippen molar-refractivity contribution in [1.82, 2.24) is 9.88 Å². The van der Waals surface area contributed by atoms with Gasteiger partial charge in [0.1, 0.15) is 5.69 Å². The van der Waals surface area contributed by atoms with Gasteiger partial charge in [0, 0.05) is 12.2 Å². The van der Waals surface area contributed by atoms with E-state index >= 15 is 0 Å². The second-order valence-electron chi connectivity index (χ2n) is 6.79. The summed E-state index contributed by atoms with van der Waals surface area (Å²) in [6.07, 6.45) is 6.56. The first-order valence-corrected chi connectivity index (χ1v) is 8.75. The number of fused-ring (bicyclic) bond motifs is 1. The number of rotatable bonds is 4. The molecule has 1 saturated carbocycles. The highest BCUT2D eigenvalue weighted by Crippen LogP contribution is 2.41. The number of aromatic nitrogens is 1. The number of carbonyl (C=O) groups excluding carboxylic acids is 1. The summed E-state index contributed by atoms with van der Waals surface area (Å²) in [6, 6.07) is 11.7. The molecule has 1 unspecified atom stereocenters. The van der Waals surface area contributed by atoms with Gasteiger partial charge in [0.25, 0.3) is 5.91 Å². The lowest BCUT2D eigenvalue weighted by Crippen LogP contribution is -2.38. The molecule has 2 aliphatic carbocycles. The Morgan fingerprint density at radius 3 is 2.56 bits per heavy atom. The molecular formula is C20H20N2O3. The lowest BCUT2D eigenvalue weighted by Gasteiger charge is -2.36. The molecule has 0 saturated heterocycles. The third kappa shape index (κ3) is 3.02. The van der Waals surface area contributed by atoms with Crippen molar-refractivity contribution < 1.29 is 14.7 Å². The summed E-state index contributed by atoms with van der Waals surface area (Å²) in [4.78, 5) is 30.0. The number of carboxylic acids is 1. The fraction of sp³-hybridized carbons (Fsp3) is 0.350. The van der Waals surface area contributed by atoms with Crippen molar-refractivity contribution in [3.63, 3.8) is 0 Å². The summed E-state index contributed by atoms with van der Waals surface area (Å²) in [7, 11) is 0. The molecule has 1 atom stereocenters. The quantitative estimate of drug-likeness (QED) is 0.928. The number of pyridine rings is 1. The molecule has 4 rings (SSSR count). The molecule has 1 aromatic heterocycles. The Kier molecular flexibility index (Phi) is 3.99. The van der Waals surface area contributed by atoms with Crippen molar-refractivity contribution in [3.05, 3.63) is 65.0 Å². The van der Waals surface area contributed by atoms with Crippen molar-refractivity contribution in [3.8, 4) is 0 Å². The Bertz CT molecular complexity index is 812. The number of nitrogens with zero attached hydrogens (tertiary/aromatic N) is 2. The highest BCUT2D eigenvalue weighted by atomic mass is 16.4. The minimum atomic E-state index is -1.08. The van der Waals surface area contributed by atoms with E-state index in [1.807, 2.05) is 11.0 Å². The molecule has 128 valence electrons. The molecule has 1 heterocycles. The zero-order chi connectivity index (χ0) is 17.4. The monoisotopic (exact) mass is 336 g/mol. The minimum absolute atomic E-state index is 0.0440. The number of hydrogen-bond acceptors (Lipinski definition) is 3. The fourth-order valence-corrected chi connectivity index (χ4v) is 3.73. The predicted octanol–water partition coefficient (Wildman–Crippen LogP) is 3.46. The third-order valence-corrected chi connectivity index (χ3v) is 5.08. The van der Waals surface area contributed by atoms with Crippen LogP contribution < -0.4 is 0 Å². The molecule has 0 aliphatic heterocycles. The van der Waals surface area contributed by atoms with Crippen molar-refractivity contribution in [2.75, 3.05) is 0 Å². The van der Waals surface area contributed by atoms with E-state index in [4.69, 9.17) is 5.11 Å². The van der Waals surface area contributed by atoms with Crippen LogP contribution >= 0.6 is 0 Å². The molecule has 5 nitrogen and oxygen atoms in total. The minimum Gasteiger partial charge on any atom is -0.477 e. The zero-order valence-corrected chi connectivity index (χ0v) is 13.9. The van der Waals surface area contributed by atoms with Crippen molar-refractivity contribution in [2.45, 2.75) is 44.2 Å². The van der Waals surface area contributed by atoms with E-state index in [1.54, 1.807) is 6.07 Å². The highest BCUT2D eigenvalue weighted by molar-refractivity contribution is 5.95. The normalized spacial score (nSPS) is 19.1. The second-order valence-corrected chi connectivity index (χ2v) is 6.79. The average molecular weight is 336 g/mol. The molecule has 2 aliphatic rings. The maximum absolute atomic E-state index is 13.2. The van der Waals surface area contributed by atoms with Gasteiger partial charge in [-0.2, -0.15) is 0 Å². The molecule has 5 heteroatoms. The summed E-state index contributed by atoms with van der Waals surface area (Å²) < 4.78 is 0. The van der Waals surface area contributed by atoms with Crippen LogP contribution in [0.1, 0.15) is 63.7 Å². The summed E-state index contributed by atoms with van der Waals surface area (Å²) in [5.74, 6) is -1.13. The van der Waals surface area contributed by atoms with Gasteiger partial charge in [-0.05, 0) is 55.4 Å². The number of benzene rings is 1. The molecule has 1 aromatic carbocycles. The maximum atomic E-state index is 13.2. The van der Waals surface area contributed by atoms with Crippen LogP contribution in [0.2, 0.25) is 0 Å². The highest BCUT2D eigenvalue weighted by Gasteiger charge is 2.39. The molecule has 1 N–H and O–H groups in total. The Labute approximate surface area is 146 Å². The molecular weight excluding hydrogens is 316 g/mol. The van der Waals surface area contributed by atoms with Crippen LogP contribution in [0.25, 0.3) is 0 Å². The van der Waals surface area contributed by atoms with Crippen molar-refractivity contribution >= 4 is 11.9 Å². The van der Waals surface area contributed by atoms with Gasteiger partial charge >= 0.3 is 5.97 Å². The number of carboxylic acid groups (broad SMARTS) is 1. The van der Waals surface area contributed by atoms with Gasteiger partial charge < -0.3 is 10.0 Å². The van der Waals surface area contributed by atoms with E-state index in [2.05, 4.69) is 23.2 Å². The smallest absolute Gasteiger partial charge is 0.354 e. The van der Waals surface area contributed by atoms with E-state index in [9.17, 15) is 9.59 Å². The van der Waals surface area contributed by atoms with Crippen LogP contribution in [0, 0.1) is 0 Å². The molecule has 0 spiro atoms. The van der Waals surface area contributed by atoms with E-state index in [-0.39, 0.29) is 23.7 Å². The third-order valence-electron chi connectivity index (χ3n) is 5.08. The van der Waals surface area contributed by atoms with Gasteiger partial charge in [0.05, 0.1) is 11.6 Å². The number of hydrogen-bond donors (Lipinski definition) is 1. The Morgan fingerprint density at radius 2 is 1.88 bits per heavy atom. The van der Waals surface area contributed by atoms with E-state index in [1.165, 1.54) is 23.4 Å². The van der Waals surface area contributed by atoms with Crippen LogP contribution in [0.4, 0.5) is 0 Å². The van der Waals surface area contributed by atoms with Crippen molar-refractivity contribution in [1.29, 1.82) is 0 Å². The predicted molar refractivity (Wildman–Crippen MR) is 92.5 cm³/mol. The van der Waals surface area contributed by atoms with Crippen LogP contribution in [0.5, 0.6) is 0 Å². The molecule has 2 aromatic rings. The first-order chi connectivity index (χ1) is 12.1. The average Bonchev–Trinajstić information content (AvgIpc) is 3.47. The molecule has 0 radical (unpaired) electrons. The van der Waals surface area contributed by atoms with Gasteiger partial charge in [-0.15, -0.1) is 0 Å². The summed E-state index contributed by atoms with van der Waals surface area (Å²) >= 11 is 0. The topological polar surface area (TPSA) is 70.5 Å². The van der Waals surface area contributed by atoms with Gasteiger partial charge in [-0.3, -0.25) is 4.79 Å². The Morgan fingerprint density at radius 1 is 1.08 bits per heavy atom. The van der Waals surface area contributed by atoms with E-state index in [0.29, 0.717) is 5.56 Å². The molecule has 0 bridgehead atoms. The fourth-order valence-electron chi connectivity index (χ4n) is 3.73. The van der Waals surface area contributed by atoms with Crippen LogP contribution in [0.3, 0.4) is 0 Å². The number of aromatic carboxylic acids is 1. The number of aryl methyl sites for hydroxylation is 1. The van der Waals surface area contributed by atoms with Crippen LogP contribution in [0.15, 0.2) is 42.6 Å². The Balaban J connectivity index is 1.66. The van der Waals surface area contributed by atoms with Gasteiger partial charge in [-0.1, -0.05) is 24.3 Å². The maximum Gasteiger partial charge on any atom is 0.354 e. The largest absolute Gasteiger partial charge is 0.477 e. The lowest BCUT2D eigenvalue weighted by atomic mass is 9.86. The van der Waals surface area contributed by atoms with Crippen LogP contribution in [-0.4, -0.2) is 32.9 Å². The molecule has 1 fully saturated rings. The first-order valence-electron chi connectivity index (χ1n) is 8.75. The zero-order valence-electron chi connectivity index (χ0n) is 13.9. The number of amides is 1.